The van der Waals surface area contributed by atoms with Gasteiger partial charge in [0.05, 0.1) is 0 Å². The summed E-state index contributed by atoms with van der Waals surface area (Å²) in [6.45, 7) is 0.782. The van der Waals surface area contributed by atoms with Crippen LogP contribution in [0.1, 0.15) is 74.9 Å². The molecular formula is C14H24N4. The van der Waals surface area contributed by atoms with E-state index in [2.05, 4.69) is 10.2 Å². The fourth-order valence-corrected chi connectivity index (χ4v) is 3.67. The minimum atomic E-state index is 0.520. The smallest absolute Gasteiger partial charge is 0.153 e. The summed E-state index contributed by atoms with van der Waals surface area (Å²) in [5, 5.41) is 7.67. The Kier molecular flexibility index (Phi) is 3.64. The maximum Gasteiger partial charge on any atom is 0.153 e. The lowest BCUT2D eigenvalue weighted by Gasteiger charge is -2.28. The Hall–Kier alpha value is -0.900. The first-order valence-electron chi connectivity index (χ1n) is 7.50. The van der Waals surface area contributed by atoms with E-state index in [1.165, 1.54) is 51.4 Å². The number of rotatable bonds is 3. The van der Waals surface area contributed by atoms with Crippen LogP contribution in [-0.4, -0.2) is 21.7 Å². The Bertz CT molecular complexity index is 381. The maximum atomic E-state index is 5.90. The summed E-state index contributed by atoms with van der Waals surface area (Å²) >= 11 is 0. The Morgan fingerprint density at radius 1 is 1.06 bits per heavy atom. The Morgan fingerprint density at radius 2 is 1.78 bits per heavy atom. The highest BCUT2D eigenvalue weighted by atomic mass is 15.2. The van der Waals surface area contributed by atoms with Crippen LogP contribution in [0.5, 0.6) is 0 Å². The molecule has 2 fully saturated rings. The van der Waals surface area contributed by atoms with Crippen molar-refractivity contribution in [2.75, 3.05) is 6.54 Å². The van der Waals surface area contributed by atoms with Gasteiger partial charge in [-0.3, -0.25) is 5.10 Å². The molecule has 1 heterocycles. The highest BCUT2D eigenvalue weighted by Crippen LogP contribution is 2.37. The van der Waals surface area contributed by atoms with E-state index >= 15 is 0 Å². The van der Waals surface area contributed by atoms with Gasteiger partial charge in [0.15, 0.2) is 5.82 Å². The van der Waals surface area contributed by atoms with Crippen LogP contribution >= 0.6 is 0 Å². The fourth-order valence-electron chi connectivity index (χ4n) is 3.67. The van der Waals surface area contributed by atoms with E-state index in [9.17, 15) is 0 Å². The number of aromatic amines is 1. The molecule has 2 saturated carbocycles. The molecule has 3 N–H and O–H groups in total. The molecule has 0 bridgehead atoms. The van der Waals surface area contributed by atoms with E-state index < -0.39 is 0 Å². The molecule has 4 nitrogen and oxygen atoms in total. The van der Waals surface area contributed by atoms with Crippen LogP contribution in [0.2, 0.25) is 0 Å². The predicted molar refractivity (Wildman–Crippen MR) is 71.3 cm³/mol. The van der Waals surface area contributed by atoms with E-state index in [0.717, 1.165) is 18.2 Å². The van der Waals surface area contributed by atoms with Crippen molar-refractivity contribution in [1.82, 2.24) is 15.2 Å². The SMILES string of the molecule is NCC1CCCCC1c1nc(C2CCCC2)n[nH]1. The second kappa shape index (κ2) is 5.39. The third-order valence-corrected chi connectivity index (χ3v) is 4.80. The predicted octanol–water partition coefficient (Wildman–Crippen LogP) is 2.69. The molecule has 1 aromatic rings. The van der Waals surface area contributed by atoms with Crippen LogP contribution in [0, 0.1) is 5.92 Å². The zero-order chi connectivity index (χ0) is 12.4. The number of nitrogens with two attached hydrogens (primary N) is 1. The minimum Gasteiger partial charge on any atom is -0.330 e. The van der Waals surface area contributed by atoms with E-state index in [-0.39, 0.29) is 0 Å². The molecule has 0 saturated heterocycles. The van der Waals surface area contributed by atoms with Crippen molar-refractivity contribution in [3.8, 4) is 0 Å². The highest BCUT2D eigenvalue weighted by Gasteiger charge is 2.29. The van der Waals surface area contributed by atoms with E-state index in [1.807, 2.05) is 0 Å². The van der Waals surface area contributed by atoms with Crippen molar-refractivity contribution in [2.24, 2.45) is 11.7 Å². The molecule has 18 heavy (non-hydrogen) atoms. The fraction of sp³-hybridized carbons (Fsp3) is 0.857. The molecule has 0 aromatic carbocycles. The lowest BCUT2D eigenvalue weighted by atomic mass is 9.79. The summed E-state index contributed by atoms with van der Waals surface area (Å²) in [6, 6.07) is 0. The molecule has 2 atom stereocenters. The van der Waals surface area contributed by atoms with E-state index in [0.29, 0.717) is 17.8 Å². The normalized spacial score (nSPS) is 29.8. The second-order valence-electron chi connectivity index (χ2n) is 5.95. The van der Waals surface area contributed by atoms with Crippen LogP contribution in [0.3, 0.4) is 0 Å². The van der Waals surface area contributed by atoms with Crippen molar-refractivity contribution in [2.45, 2.75) is 63.2 Å². The molecule has 4 heteroatoms. The number of hydrogen-bond acceptors (Lipinski definition) is 3. The summed E-state index contributed by atoms with van der Waals surface area (Å²) in [7, 11) is 0. The lowest BCUT2D eigenvalue weighted by molar-refractivity contribution is 0.304. The van der Waals surface area contributed by atoms with Gasteiger partial charge in [0, 0.05) is 11.8 Å². The van der Waals surface area contributed by atoms with Gasteiger partial charge in [-0.05, 0) is 38.1 Å². The van der Waals surface area contributed by atoms with Crippen LogP contribution in [-0.2, 0) is 0 Å². The van der Waals surface area contributed by atoms with Gasteiger partial charge in [-0.2, -0.15) is 5.10 Å². The topological polar surface area (TPSA) is 67.6 Å². The molecule has 0 amide bonds. The summed E-state index contributed by atoms with van der Waals surface area (Å²) in [5.74, 6) is 3.89. The number of nitrogens with one attached hydrogen (secondary N) is 1. The van der Waals surface area contributed by atoms with E-state index in [1.54, 1.807) is 0 Å². The molecule has 0 spiro atoms. The van der Waals surface area contributed by atoms with Gasteiger partial charge < -0.3 is 5.73 Å². The first kappa shape index (κ1) is 12.2. The summed E-state index contributed by atoms with van der Waals surface area (Å²) in [6.07, 6.45) is 10.3. The van der Waals surface area contributed by atoms with Gasteiger partial charge in [-0.25, -0.2) is 4.98 Å². The van der Waals surface area contributed by atoms with Crippen molar-refractivity contribution >= 4 is 0 Å². The number of aromatic nitrogens is 3. The number of H-pyrrole nitrogens is 1. The highest BCUT2D eigenvalue weighted by molar-refractivity contribution is 5.06. The van der Waals surface area contributed by atoms with Crippen molar-refractivity contribution in [3.05, 3.63) is 11.6 Å². The third-order valence-electron chi connectivity index (χ3n) is 4.80. The van der Waals surface area contributed by atoms with Crippen molar-refractivity contribution in [3.63, 3.8) is 0 Å². The minimum absolute atomic E-state index is 0.520. The largest absolute Gasteiger partial charge is 0.330 e. The maximum absolute atomic E-state index is 5.90. The molecular weight excluding hydrogens is 224 g/mol. The van der Waals surface area contributed by atoms with Crippen LogP contribution in [0.4, 0.5) is 0 Å². The quantitative estimate of drug-likeness (QED) is 0.864. The number of hydrogen-bond donors (Lipinski definition) is 2. The first-order chi connectivity index (χ1) is 8.88. The zero-order valence-corrected chi connectivity index (χ0v) is 11.1. The van der Waals surface area contributed by atoms with Crippen LogP contribution in [0.25, 0.3) is 0 Å². The summed E-state index contributed by atoms with van der Waals surface area (Å²) < 4.78 is 0. The molecule has 2 aliphatic carbocycles. The summed E-state index contributed by atoms with van der Waals surface area (Å²) in [4.78, 5) is 4.79. The van der Waals surface area contributed by atoms with Gasteiger partial charge in [0.25, 0.3) is 0 Å². The molecule has 2 aliphatic rings. The van der Waals surface area contributed by atoms with E-state index in [4.69, 9.17) is 10.7 Å². The lowest BCUT2D eigenvalue weighted by Crippen LogP contribution is -2.26. The van der Waals surface area contributed by atoms with Gasteiger partial charge in [-0.15, -0.1) is 0 Å². The molecule has 2 unspecified atom stereocenters. The molecule has 0 radical (unpaired) electrons. The summed E-state index contributed by atoms with van der Waals surface area (Å²) in [5.41, 5.74) is 5.90. The van der Waals surface area contributed by atoms with Gasteiger partial charge in [-0.1, -0.05) is 25.7 Å². The monoisotopic (exact) mass is 248 g/mol. The second-order valence-corrected chi connectivity index (χ2v) is 5.95. The van der Waals surface area contributed by atoms with Gasteiger partial charge >= 0.3 is 0 Å². The first-order valence-corrected chi connectivity index (χ1v) is 7.50. The van der Waals surface area contributed by atoms with Gasteiger partial charge in [0.2, 0.25) is 0 Å². The molecule has 100 valence electrons. The Balaban J connectivity index is 1.74. The Labute approximate surface area is 109 Å². The molecule has 0 aliphatic heterocycles. The number of nitrogens with zero attached hydrogens (tertiary/aromatic N) is 2. The van der Waals surface area contributed by atoms with Crippen LogP contribution in [0.15, 0.2) is 0 Å². The van der Waals surface area contributed by atoms with Crippen LogP contribution < -0.4 is 5.73 Å². The average Bonchev–Trinajstić information content (AvgIpc) is 3.09. The zero-order valence-electron chi connectivity index (χ0n) is 11.1. The third kappa shape index (κ3) is 2.30. The standard InChI is InChI=1S/C14H24N4/c15-9-11-7-3-4-8-12(11)14-16-13(17-18-14)10-5-1-2-6-10/h10-12H,1-9,15H2,(H,16,17,18). The van der Waals surface area contributed by atoms with Gasteiger partial charge in [0.1, 0.15) is 5.82 Å². The molecule has 3 rings (SSSR count). The van der Waals surface area contributed by atoms with Crippen molar-refractivity contribution < 1.29 is 0 Å². The Morgan fingerprint density at radius 3 is 2.56 bits per heavy atom. The van der Waals surface area contributed by atoms with Crippen molar-refractivity contribution in [1.29, 1.82) is 0 Å². The molecule has 1 aromatic heterocycles. The average molecular weight is 248 g/mol.